The normalized spacial score (nSPS) is 26.4. The minimum atomic E-state index is 0.166. The maximum Gasteiger partial charge on any atom is 0.0564 e. The molecular formula is C12H18ClNS. The molecule has 1 aliphatic rings. The summed E-state index contributed by atoms with van der Waals surface area (Å²) >= 11 is 8.06. The molecule has 1 N–H and O–H groups in total. The standard InChI is InChI=1S/C12H18ClNS/c1-9(2)8-12(5-3-6-14-12)11-10(13)4-7-15-11/h4,7,9,14H,3,5-6,8H2,1-2H3. The van der Waals surface area contributed by atoms with E-state index in [9.17, 15) is 0 Å². The lowest BCUT2D eigenvalue weighted by atomic mass is 9.86. The molecular weight excluding hydrogens is 226 g/mol. The summed E-state index contributed by atoms with van der Waals surface area (Å²) in [5, 5.41) is 6.71. The van der Waals surface area contributed by atoms with E-state index in [4.69, 9.17) is 11.6 Å². The Morgan fingerprint density at radius 1 is 1.60 bits per heavy atom. The van der Waals surface area contributed by atoms with Crippen molar-refractivity contribution in [2.45, 2.75) is 38.6 Å². The van der Waals surface area contributed by atoms with E-state index >= 15 is 0 Å². The highest BCUT2D eigenvalue weighted by molar-refractivity contribution is 7.10. The molecule has 1 saturated heterocycles. The SMILES string of the molecule is CC(C)CC1(c2sccc2Cl)CCCN1. The molecule has 0 aromatic carbocycles. The molecule has 15 heavy (non-hydrogen) atoms. The van der Waals surface area contributed by atoms with Gasteiger partial charge in [-0.25, -0.2) is 0 Å². The molecule has 1 unspecified atom stereocenters. The lowest BCUT2D eigenvalue weighted by Crippen LogP contribution is -2.37. The first kappa shape index (κ1) is 11.4. The van der Waals surface area contributed by atoms with Crippen LogP contribution in [0.25, 0.3) is 0 Å². The molecule has 1 aromatic heterocycles. The van der Waals surface area contributed by atoms with Crippen molar-refractivity contribution in [3.05, 3.63) is 21.3 Å². The van der Waals surface area contributed by atoms with Crippen LogP contribution in [0.4, 0.5) is 0 Å². The minimum Gasteiger partial charge on any atom is -0.307 e. The fraction of sp³-hybridized carbons (Fsp3) is 0.667. The van der Waals surface area contributed by atoms with Crippen LogP contribution < -0.4 is 5.32 Å². The zero-order valence-corrected chi connectivity index (χ0v) is 10.9. The van der Waals surface area contributed by atoms with Gasteiger partial charge < -0.3 is 5.32 Å². The topological polar surface area (TPSA) is 12.0 Å². The zero-order valence-electron chi connectivity index (χ0n) is 9.35. The van der Waals surface area contributed by atoms with Crippen molar-refractivity contribution >= 4 is 22.9 Å². The van der Waals surface area contributed by atoms with Gasteiger partial charge in [-0.15, -0.1) is 11.3 Å². The summed E-state index contributed by atoms with van der Waals surface area (Å²) < 4.78 is 0. The summed E-state index contributed by atoms with van der Waals surface area (Å²) in [5.74, 6) is 0.703. The summed E-state index contributed by atoms with van der Waals surface area (Å²) in [4.78, 5) is 1.34. The van der Waals surface area contributed by atoms with Gasteiger partial charge in [0.05, 0.1) is 10.6 Å². The molecule has 1 atom stereocenters. The van der Waals surface area contributed by atoms with E-state index in [1.165, 1.54) is 24.1 Å². The summed E-state index contributed by atoms with van der Waals surface area (Å²) in [7, 11) is 0. The van der Waals surface area contributed by atoms with Gasteiger partial charge in [0.15, 0.2) is 0 Å². The van der Waals surface area contributed by atoms with Crippen LogP contribution in [0.3, 0.4) is 0 Å². The largest absolute Gasteiger partial charge is 0.307 e. The van der Waals surface area contributed by atoms with Crippen LogP contribution in [-0.2, 0) is 5.54 Å². The highest BCUT2D eigenvalue weighted by Gasteiger charge is 2.38. The van der Waals surface area contributed by atoms with E-state index in [2.05, 4.69) is 24.5 Å². The smallest absolute Gasteiger partial charge is 0.0564 e. The third-order valence-corrected chi connectivity index (χ3v) is 4.60. The quantitative estimate of drug-likeness (QED) is 0.846. The van der Waals surface area contributed by atoms with Gasteiger partial charge in [-0.2, -0.15) is 0 Å². The third kappa shape index (κ3) is 2.22. The Morgan fingerprint density at radius 3 is 2.87 bits per heavy atom. The number of halogens is 1. The predicted molar refractivity (Wildman–Crippen MR) is 67.7 cm³/mol. The van der Waals surface area contributed by atoms with Gasteiger partial charge >= 0.3 is 0 Å². The summed E-state index contributed by atoms with van der Waals surface area (Å²) in [5.41, 5.74) is 0.166. The van der Waals surface area contributed by atoms with Gasteiger partial charge in [-0.3, -0.25) is 0 Å². The molecule has 3 heteroatoms. The summed E-state index contributed by atoms with van der Waals surface area (Å²) in [6.07, 6.45) is 3.68. The van der Waals surface area contributed by atoms with Crippen LogP contribution in [0, 0.1) is 5.92 Å². The highest BCUT2D eigenvalue weighted by atomic mass is 35.5. The maximum absolute atomic E-state index is 6.26. The van der Waals surface area contributed by atoms with Crippen molar-refractivity contribution in [2.75, 3.05) is 6.54 Å². The summed E-state index contributed by atoms with van der Waals surface area (Å²) in [6, 6.07) is 2.02. The van der Waals surface area contributed by atoms with Crippen LogP contribution in [0.1, 0.15) is 38.0 Å². The Labute approximate surface area is 101 Å². The molecule has 2 heterocycles. The first-order valence-electron chi connectivity index (χ1n) is 5.62. The van der Waals surface area contributed by atoms with Crippen LogP contribution in [0.2, 0.25) is 5.02 Å². The fourth-order valence-electron chi connectivity index (χ4n) is 2.60. The molecule has 0 radical (unpaired) electrons. The second-order valence-electron chi connectivity index (χ2n) is 4.81. The number of hydrogen-bond acceptors (Lipinski definition) is 2. The monoisotopic (exact) mass is 243 g/mol. The molecule has 2 rings (SSSR count). The molecule has 84 valence electrons. The molecule has 1 fully saturated rings. The molecule has 0 saturated carbocycles. The van der Waals surface area contributed by atoms with Gasteiger partial charge in [0, 0.05) is 4.88 Å². The van der Waals surface area contributed by atoms with Gasteiger partial charge in [-0.05, 0) is 43.2 Å². The molecule has 1 aromatic rings. The first-order valence-corrected chi connectivity index (χ1v) is 6.88. The Hall–Kier alpha value is -0.0500. The minimum absolute atomic E-state index is 0.166. The molecule has 0 bridgehead atoms. The maximum atomic E-state index is 6.26. The van der Waals surface area contributed by atoms with E-state index in [-0.39, 0.29) is 5.54 Å². The van der Waals surface area contributed by atoms with Crippen molar-refractivity contribution in [2.24, 2.45) is 5.92 Å². The van der Waals surface area contributed by atoms with Crippen LogP contribution >= 0.6 is 22.9 Å². The average Bonchev–Trinajstić information content (AvgIpc) is 2.73. The van der Waals surface area contributed by atoms with Crippen molar-refractivity contribution < 1.29 is 0 Å². The fourth-order valence-corrected chi connectivity index (χ4v) is 4.06. The highest BCUT2D eigenvalue weighted by Crippen LogP contribution is 2.42. The van der Waals surface area contributed by atoms with Gasteiger partial charge in [-0.1, -0.05) is 25.4 Å². The van der Waals surface area contributed by atoms with Crippen molar-refractivity contribution in [1.82, 2.24) is 5.32 Å². The first-order chi connectivity index (χ1) is 7.14. The van der Waals surface area contributed by atoms with Gasteiger partial charge in [0.1, 0.15) is 0 Å². The van der Waals surface area contributed by atoms with Crippen LogP contribution in [0.5, 0.6) is 0 Å². The zero-order chi connectivity index (χ0) is 10.9. The van der Waals surface area contributed by atoms with E-state index in [1.807, 2.05) is 6.07 Å². The predicted octanol–water partition coefficient (Wildman–Crippen LogP) is 4.03. The lowest BCUT2D eigenvalue weighted by molar-refractivity contribution is 0.317. The van der Waals surface area contributed by atoms with Gasteiger partial charge in [0.25, 0.3) is 0 Å². The van der Waals surface area contributed by atoms with Crippen molar-refractivity contribution in [1.29, 1.82) is 0 Å². The molecule has 0 spiro atoms. The number of nitrogens with one attached hydrogen (secondary N) is 1. The van der Waals surface area contributed by atoms with Crippen molar-refractivity contribution in [3.8, 4) is 0 Å². The number of rotatable bonds is 3. The van der Waals surface area contributed by atoms with Gasteiger partial charge in [0.2, 0.25) is 0 Å². The van der Waals surface area contributed by atoms with E-state index < -0.39 is 0 Å². The van der Waals surface area contributed by atoms with E-state index in [1.54, 1.807) is 11.3 Å². The molecule has 1 aliphatic heterocycles. The molecule has 1 nitrogen and oxygen atoms in total. The molecule has 0 aliphatic carbocycles. The Balaban J connectivity index is 2.30. The Bertz CT molecular complexity index is 326. The second kappa shape index (κ2) is 4.44. The summed E-state index contributed by atoms with van der Waals surface area (Å²) in [6.45, 7) is 5.69. The second-order valence-corrected chi connectivity index (χ2v) is 6.13. The van der Waals surface area contributed by atoms with E-state index in [0.717, 1.165) is 11.6 Å². The number of hydrogen-bond donors (Lipinski definition) is 1. The van der Waals surface area contributed by atoms with Crippen LogP contribution in [0.15, 0.2) is 11.4 Å². The third-order valence-electron chi connectivity index (χ3n) is 3.05. The Kier molecular flexibility index (Phi) is 3.39. The van der Waals surface area contributed by atoms with Crippen molar-refractivity contribution in [3.63, 3.8) is 0 Å². The number of thiophene rings is 1. The lowest BCUT2D eigenvalue weighted by Gasteiger charge is -2.31. The van der Waals surface area contributed by atoms with E-state index in [0.29, 0.717) is 5.92 Å². The van der Waals surface area contributed by atoms with Crippen LogP contribution in [-0.4, -0.2) is 6.54 Å². The average molecular weight is 244 g/mol. The Morgan fingerprint density at radius 2 is 2.40 bits per heavy atom. The molecule has 0 amide bonds.